The summed E-state index contributed by atoms with van der Waals surface area (Å²) in [6, 6.07) is 8.21. The predicted molar refractivity (Wildman–Crippen MR) is 85.7 cm³/mol. The number of nitrogens with zero attached hydrogens (tertiary/aromatic N) is 2. The molecule has 5 heteroatoms. The zero-order valence-corrected chi connectivity index (χ0v) is 13.6. The minimum atomic E-state index is -0.0113. The lowest BCUT2D eigenvalue weighted by Crippen LogP contribution is -2.32. The third kappa shape index (κ3) is 3.02. The van der Waals surface area contributed by atoms with Gasteiger partial charge in [0.15, 0.2) is 0 Å². The molecule has 1 fully saturated rings. The van der Waals surface area contributed by atoms with Gasteiger partial charge in [-0.2, -0.15) is 5.10 Å². The molecule has 1 amide bonds. The van der Waals surface area contributed by atoms with Gasteiger partial charge in [-0.3, -0.25) is 4.79 Å². The molecule has 1 aromatic carbocycles. The van der Waals surface area contributed by atoms with Gasteiger partial charge in [0, 0.05) is 10.5 Å². The molecule has 4 nitrogen and oxygen atoms in total. The maximum absolute atomic E-state index is 12.3. The van der Waals surface area contributed by atoms with E-state index in [4.69, 9.17) is 0 Å². The lowest BCUT2D eigenvalue weighted by atomic mass is 10.2. The summed E-state index contributed by atoms with van der Waals surface area (Å²) in [6.07, 6.45) is 6.25. The maximum Gasteiger partial charge on any atom is 0.254 e. The largest absolute Gasteiger partial charge is 0.349 e. The standard InChI is InChI=1S/C16H18BrN3O/c1-11-15(16(21)19-13-4-2-3-5-13)10-18-20(11)14-8-6-12(17)7-9-14/h6-10,13H,2-5H2,1H3,(H,19,21). The van der Waals surface area contributed by atoms with Gasteiger partial charge in [0.05, 0.1) is 23.1 Å². The van der Waals surface area contributed by atoms with Crippen molar-refractivity contribution in [3.63, 3.8) is 0 Å². The molecule has 0 aliphatic heterocycles. The zero-order chi connectivity index (χ0) is 14.8. The number of carbonyl (C=O) groups excluding carboxylic acids is 1. The van der Waals surface area contributed by atoms with E-state index in [2.05, 4.69) is 26.3 Å². The van der Waals surface area contributed by atoms with E-state index in [0.717, 1.165) is 28.7 Å². The van der Waals surface area contributed by atoms with Crippen LogP contribution in [0.3, 0.4) is 0 Å². The zero-order valence-electron chi connectivity index (χ0n) is 12.0. The van der Waals surface area contributed by atoms with Gasteiger partial charge < -0.3 is 5.32 Å². The van der Waals surface area contributed by atoms with Crippen molar-refractivity contribution in [2.45, 2.75) is 38.6 Å². The summed E-state index contributed by atoms with van der Waals surface area (Å²) in [5.74, 6) is -0.0113. The van der Waals surface area contributed by atoms with Crippen LogP contribution in [0.4, 0.5) is 0 Å². The summed E-state index contributed by atoms with van der Waals surface area (Å²) in [7, 11) is 0. The van der Waals surface area contributed by atoms with Gasteiger partial charge >= 0.3 is 0 Å². The van der Waals surface area contributed by atoms with Crippen LogP contribution in [0.25, 0.3) is 5.69 Å². The first-order valence-electron chi connectivity index (χ1n) is 7.26. The van der Waals surface area contributed by atoms with Crippen molar-refractivity contribution in [1.29, 1.82) is 0 Å². The maximum atomic E-state index is 12.3. The normalized spacial score (nSPS) is 15.3. The highest BCUT2D eigenvalue weighted by Gasteiger charge is 2.21. The molecule has 21 heavy (non-hydrogen) atoms. The molecule has 0 spiro atoms. The molecule has 1 aliphatic carbocycles. The summed E-state index contributed by atoms with van der Waals surface area (Å²) in [5, 5.41) is 7.46. The average Bonchev–Trinajstić information content (AvgIpc) is 3.09. The highest BCUT2D eigenvalue weighted by atomic mass is 79.9. The molecule has 1 saturated carbocycles. The summed E-state index contributed by atoms with van der Waals surface area (Å²) >= 11 is 3.42. The van der Waals surface area contributed by atoms with Crippen LogP contribution in [0, 0.1) is 6.92 Å². The number of aromatic nitrogens is 2. The fraction of sp³-hybridized carbons (Fsp3) is 0.375. The Hall–Kier alpha value is -1.62. The molecular weight excluding hydrogens is 330 g/mol. The smallest absolute Gasteiger partial charge is 0.254 e. The third-order valence-electron chi connectivity index (χ3n) is 4.02. The van der Waals surface area contributed by atoms with Crippen molar-refractivity contribution >= 4 is 21.8 Å². The van der Waals surface area contributed by atoms with Crippen LogP contribution < -0.4 is 5.32 Å². The number of nitrogens with one attached hydrogen (secondary N) is 1. The monoisotopic (exact) mass is 347 g/mol. The van der Waals surface area contributed by atoms with Gasteiger partial charge in [0.2, 0.25) is 0 Å². The molecule has 0 bridgehead atoms. The number of benzene rings is 1. The second kappa shape index (κ2) is 6.02. The molecule has 3 rings (SSSR count). The van der Waals surface area contributed by atoms with Gasteiger partial charge in [-0.1, -0.05) is 28.8 Å². The van der Waals surface area contributed by atoms with E-state index in [-0.39, 0.29) is 5.91 Å². The van der Waals surface area contributed by atoms with E-state index in [1.807, 2.05) is 31.2 Å². The van der Waals surface area contributed by atoms with Crippen molar-refractivity contribution in [2.24, 2.45) is 0 Å². The Morgan fingerprint density at radius 2 is 1.95 bits per heavy atom. The lowest BCUT2D eigenvalue weighted by molar-refractivity contribution is 0.0937. The van der Waals surface area contributed by atoms with E-state index in [1.54, 1.807) is 10.9 Å². The molecular formula is C16H18BrN3O. The van der Waals surface area contributed by atoms with Gasteiger partial charge in [-0.25, -0.2) is 4.68 Å². The van der Waals surface area contributed by atoms with Gasteiger partial charge in [0.25, 0.3) is 5.91 Å². The molecule has 1 heterocycles. The summed E-state index contributed by atoms with van der Waals surface area (Å²) in [5.41, 5.74) is 2.48. The van der Waals surface area contributed by atoms with E-state index in [9.17, 15) is 4.79 Å². The van der Waals surface area contributed by atoms with Crippen molar-refractivity contribution in [3.8, 4) is 5.69 Å². The number of hydrogen-bond donors (Lipinski definition) is 1. The molecule has 110 valence electrons. The second-order valence-electron chi connectivity index (χ2n) is 5.49. The quantitative estimate of drug-likeness (QED) is 0.921. The molecule has 0 saturated heterocycles. The van der Waals surface area contributed by atoms with Crippen LogP contribution in [0.15, 0.2) is 34.9 Å². The molecule has 0 atom stereocenters. The van der Waals surface area contributed by atoms with Crippen LogP contribution in [-0.2, 0) is 0 Å². The molecule has 1 aliphatic rings. The summed E-state index contributed by atoms with van der Waals surface area (Å²) in [4.78, 5) is 12.3. The van der Waals surface area contributed by atoms with Gasteiger partial charge in [0.1, 0.15) is 0 Å². The predicted octanol–water partition coefficient (Wildman–Crippen LogP) is 3.62. The highest BCUT2D eigenvalue weighted by Crippen LogP contribution is 2.20. The minimum Gasteiger partial charge on any atom is -0.349 e. The first-order chi connectivity index (χ1) is 10.1. The van der Waals surface area contributed by atoms with Crippen molar-refractivity contribution in [3.05, 3.63) is 46.2 Å². The van der Waals surface area contributed by atoms with Crippen LogP contribution in [0.1, 0.15) is 41.7 Å². The van der Waals surface area contributed by atoms with E-state index in [1.165, 1.54) is 12.8 Å². The van der Waals surface area contributed by atoms with E-state index < -0.39 is 0 Å². The Morgan fingerprint density at radius 1 is 1.29 bits per heavy atom. The van der Waals surface area contributed by atoms with E-state index >= 15 is 0 Å². The van der Waals surface area contributed by atoms with Crippen molar-refractivity contribution < 1.29 is 4.79 Å². The van der Waals surface area contributed by atoms with Gasteiger partial charge in [-0.15, -0.1) is 0 Å². The first kappa shape index (κ1) is 14.3. The number of halogens is 1. The highest BCUT2D eigenvalue weighted by molar-refractivity contribution is 9.10. The fourth-order valence-electron chi connectivity index (χ4n) is 2.81. The van der Waals surface area contributed by atoms with Crippen LogP contribution >= 0.6 is 15.9 Å². The van der Waals surface area contributed by atoms with Crippen molar-refractivity contribution in [1.82, 2.24) is 15.1 Å². The fourth-order valence-corrected chi connectivity index (χ4v) is 3.07. The molecule has 0 unspecified atom stereocenters. The molecule has 2 aromatic rings. The SMILES string of the molecule is Cc1c(C(=O)NC2CCCC2)cnn1-c1ccc(Br)cc1. The second-order valence-corrected chi connectivity index (χ2v) is 6.40. The average molecular weight is 348 g/mol. The summed E-state index contributed by atoms with van der Waals surface area (Å²) in [6.45, 7) is 1.93. The molecule has 1 aromatic heterocycles. The van der Waals surface area contributed by atoms with Crippen LogP contribution in [-0.4, -0.2) is 21.7 Å². The lowest BCUT2D eigenvalue weighted by Gasteiger charge is -2.11. The third-order valence-corrected chi connectivity index (χ3v) is 4.54. The summed E-state index contributed by atoms with van der Waals surface area (Å²) < 4.78 is 2.82. The molecule has 1 N–H and O–H groups in total. The number of carbonyl (C=O) groups is 1. The van der Waals surface area contributed by atoms with Crippen LogP contribution in [0.2, 0.25) is 0 Å². The number of rotatable bonds is 3. The topological polar surface area (TPSA) is 46.9 Å². The Labute approximate surface area is 132 Å². The first-order valence-corrected chi connectivity index (χ1v) is 8.06. The van der Waals surface area contributed by atoms with Crippen molar-refractivity contribution in [2.75, 3.05) is 0 Å². The molecule has 0 radical (unpaired) electrons. The Kier molecular flexibility index (Phi) is 4.10. The number of amides is 1. The van der Waals surface area contributed by atoms with Crippen LogP contribution in [0.5, 0.6) is 0 Å². The number of hydrogen-bond acceptors (Lipinski definition) is 2. The van der Waals surface area contributed by atoms with Gasteiger partial charge in [-0.05, 0) is 44.0 Å². The minimum absolute atomic E-state index is 0.0113. The Bertz CT molecular complexity index is 642. The Morgan fingerprint density at radius 3 is 2.62 bits per heavy atom. The van der Waals surface area contributed by atoms with E-state index in [0.29, 0.717) is 11.6 Å². The Balaban J connectivity index is 1.81.